The van der Waals surface area contributed by atoms with Crippen LogP contribution in [0.3, 0.4) is 0 Å². The molecule has 0 aliphatic carbocycles. The van der Waals surface area contributed by atoms with Crippen molar-refractivity contribution >= 4 is 5.91 Å². The SMILES string of the molecule is COc1cc(C#N)ccc1OC(C)C(=O)NC(C)(C)C. The maximum absolute atomic E-state index is 12.0. The monoisotopic (exact) mass is 276 g/mol. The summed E-state index contributed by atoms with van der Waals surface area (Å²) < 4.78 is 10.8. The molecule has 1 aromatic carbocycles. The molecule has 0 bridgehead atoms. The fourth-order valence-electron chi connectivity index (χ4n) is 1.55. The van der Waals surface area contributed by atoms with Gasteiger partial charge in [-0.25, -0.2) is 0 Å². The Bertz CT molecular complexity index is 527. The van der Waals surface area contributed by atoms with Crippen molar-refractivity contribution in [3.63, 3.8) is 0 Å². The number of nitriles is 1. The lowest BCUT2D eigenvalue weighted by Crippen LogP contribution is -2.46. The molecule has 5 heteroatoms. The second-order valence-corrected chi connectivity index (χ2v) is 5.48. The summed E-state index contributed by atoms with van der Waals surface area (Å²) in [6, 6.07) is 6.83. The van der Waals surface area contributed by atoms with E-state index in [4.69, 9.17) is 14.7 Å². The quantitative estimate of drug-likeness (QED) is 0.915. The maximum atomic E-state index is 12.0. The van der Waals surface area contributed by atoms with Gasteiger partial charge in [-0.2, -0.15) is 5.26 Å². The van der Waals surface area contributed by atoms with Gasteiger partial charge in [-0.05, 0) is 39.8 Å². The van der Waals surface area contributed by atoms with Gasteiger partial charge in [0, 0.05) is 11.6 Å². The fourth-order valence-corrected chi connectivity index (χ4v) is 1.55. The number of hydrogen-bond acceptors (Lipinski definition) is 4. The van der Waals surface area contributed by atoms with E-state index in [0.717, 1.165) is 0 Å². The normalized spacial score (nSPS) is 12.2. The van der Waals surface area contributed by atoms with E-state index in [-0.39, 0.29) is 11.4 Å². The summed E-state index contributed by atoms with van der Waals surface area (Å²) in [4.78, 5) is 12.0. The van der Waals surface area contributed by atoms with E-state index in [1.165, 1.54) is 7.11 Å². The van der Waals surface area contributed by atoms with E-state index in [9.17, 15) is 4.79 Å². The van der Waals surface area contributed by atoms with Gasteiger partial charge in [-0.1, -0.05) is 0 Å². The number of rotatable bonds is 4. The number of nitrogens with one attached hydrogen (secondary N) is 1. The molecule has 108 valence electrons. The molecule has 0 radical (unpaired) electrons. The minimum atomic E-state index is -0.656. The van der Waals surface area contributed by atoms with Crippen LogP contribution in [0.15, 0.2) is 18.2 Å². The number of methoxy groups -OCH3 is 1. The minimum Gasteiger partial charge on any atom is -0.493 e. The molecule has 1 atom stereocenters. The van der Waals surface area contributed by atoms with Crippen LogP contribution >= 0.6 is 0 Å². The zero-order valence-electron chi connectivity index (χ0n) is 12.5. The number of ether oxygens (including phenoxy) is 2. The van der Waals surface area contributed by atoms with Crippen molar-refractivity contribution < 1.29 is 14.3 Å². The largest absolute Gasteiger partial charge is 0.493 e. The van der Waals surface area contributed by atoms with Crippen LogP contribution in [0.2, 0.25) is 0 Å². The van der Waals surface area contributed by atoms with Crippen molar-refractivity contribution in [2.75, 3.05) is 7.11 Å². The van der Waals surface area contributed by atoms with Crippen molar-refractivity contribution in [3.05, 3.63) is 23.8 Å². The molecule has 0 aliphatic heterocycles. The Morgan fingerprint density at radius 3 is 2.50 bits per heavy atom. The molecule has 0 fully saturated rings. The molecule has 0 heterocycles. The number of carbonyl (C=O) groups is 1. The van der Waals surface area contributed by atoms with E-state index in [2.05, 4.69) is 5.32 Å². The van der Waals surface area contributed by atoms with Crippen LogP contribution in [0.5, 0.6) is 11.5 Å². The highest BCUT2D eigenvalue weighted by molar-refractivity contribution is 5.81. The average Bonchev–Trinajstić information content (AvgIpc) is 2.37. The van der Waals surface area contributed by atoms with Crippen LogP contribution in [0.1, 0.15) is 33.3 Å². The highest BCUT2D eigenvalue weighted by Crippen LogP contribution is 2.28. The van der Waals surface area contributed by atoms with Crippen molar-refractivity contribution in [1.29, 1.82) is 5.26 Å². The zero-order chi connectivity index (χ0) is 15.3. The maximum Gasteiger partial charge on any atom is 0.261 e. The first-order chi connectivity index (χ1) is 9.26. The Labute approximate surface area is 119 Å². The molecule has 0 aromatic heterocycles. The van der Waals surface area contributed by atoms with Crippen LogP contribution in [0, 0.1) is 11.3 Å². The number of carbonyl (C=O) groups excluding carboxylic acids is 1. The standard InChI is InChI=1S/C15H20N2O3/c1-10(14(18)17-15(2,3)4)20-12-7-6-11(9-16)8-13(12)19-5/h6-8,10H,1-5H3,(H,17,18). The highest BCUT2D eigenvalue weighted by Gasteiger charge is 2.21. The molecule has 1 unspecified atom stereocenters. The van der Waals surface area contributed by atoms with Crippen molar-refractivity contribution in [2.24, 2.45) is 0 Å². The Hall–Kier alpha value is -2.22. The van der Waals surface area contributed by atoms with E-state index in [1.807, 2.05) is 26.8 Å². The summed E-state index contributed by atoms with van der Waals surface area (Å²) >= 11 is 0. The van der Waals surface area contributed by atoms with Crippen molar-refractivity contribution in [3.8, 4) is 17.6 Å². The molecule has 1 amide bonds. The Balaban J connectivity index is 2.83. The van der Waals surface area contributed by atoms with Crippen LogP contribution in [-0.4, -0.2) is 24.7 Å². The van der Waals surface area contributed by atoms with Crippen LogP contribution < -0.4 is 14.8 Å². The van der Waals surface area contributed by atoms with Gasteiger partial charge in [0.05, 0.1) is 18.7 Å². The van der Waals surface area contributed by atoms with Gasteiger partial charge in [0.15, 0.2) is 17.6 Å². The Kier molecular flexibility index (Phi) is 4.98. The summed E-state index contributed by atoms with van der Waals surface area (Å²) in [5.41, 5.74) is 0.157. The molecule has 1 rings (SSSR count). The predicted molar refractivity (Wildman–Crippen MR) is 75.7 cm³/mol. The number of hydrogen-bond donors (Lipinski definition) is 1. The second-order valence-electron chi connectivity index (χ2n) is 5.48. The summed E-state index contributed by atoms with van der Waals surface area (Å²) in [5.74, 6) is 0.659. The molecule has 0 aliphatic rings. The third-order valence-electron chi connectivity index (χ3n) is 2.46. The van der Waals surface area contributed by atoms with Gasteiger partial charge in [-0.3, -0.25) is 4.79 Å². The lowest BCUT2D eigenvalue weighted by Gasteiger charge is -2.24. The molecular formula is C15H20N2O3. The second kappa shape index (κ2) is 6.29. The summed E-state index contributed by atoms with van der Waals surface area (Å²) in [7, 11) is 1.49. The number of amides is 1. The molecule has 0 saturated heterocycles. The van der Waals surface area contributed by atoms with E-state index < -0.39 is 6.10 Å². The Morgan fingerprint density at radius 2 is 2.00 bits per heavy atom. The van der Waals surface area contributed by atoms with E-state index in [1.54, 1.807) is 25.1 Å². The highest BCUT2D eigenvalue weighted by atomic mass is 16.5. The molecular weight excluding hydrogens is 256 g/mol. The first-order valence-corrected chi connectivity index (χ1v) is 6.33. The van der Waals surface area contributed by atoms with E-state index >= 15 is 0 Å². The van der Waals surface area contributed by atoms with Crippen molar-refractivity contribution in [2.45, 2.75) is 39.3 Å². The third-order valence-corrected chi connectivity index (χ3v) is 2.46. The predicted octanol–water partition coefficient (Wildman–Crippen LogP) is 2.25. The summed E-state index contributed by atoms with van der Waals surface area (Å²) in [5, 5.41) is 11.7. The fraction of sp³-hybridized carbons (Fsp3) is 0.467. The molecule has 1 aromatic rings. The Morgan fingerprint density at radius 1 is 1.35 bits per heavy atom. The molecule has 0 spiro atoms. The van der Waals surface area contributed by atoms with Crippen molar-refractivity contribution in [1.82, 2.24) is 5.32 Å². The molecule has 1 N–H and O–H groups in total. The van der Waals surface area contributed by atoms with E-state index in [0.29, 0.717) is 17.1 Å². The molecule has 5 nitrogen and oxygen atoms in total. The smallest absolute Gasteiger partial charge is 0.261 e. The van der Waals surface area contributed by atoms with Gasteiger partial charge in [0.1, 0.15) is 0 Å². The van der Waals surface area contributed by atoms with Gasteiger partial charge >= 0.3 is 0 Å². The summed E-state index contributed by atoms with van der Waals surface area (Å²) in [6.45, 7) is 7.37. The lowest BCUT2D eigenvalue weighted by molar-refractivity contribution is -0.128. The lowest BCUT2D eigenvalue weighted by atomic mass is 10.1. The van der Waals surface area contributed by atoms with Gasteiger partial charge < -0.3 is 14.8 Å². The zero-order valence-corrected chi connectivity index (χ0v) is 12.5. The van der Waals surface area contributed by atoms with Gasteiger partial charge in [-0.15, -0.1) is 0 Å². The average molecular weight is 276 g/mol. The number of nitrogens with zero attached hydrogens (tertiary/aromatic N) is 1. The first kappa shape index (κ1) is 15.8. The minimum absolute atomic E-state index is 0.205. The van der Waals surface area contributed by atoms with Gasteiger partial charge in [0.25, 0.3) is 5.91 Å². The van der Waals surface area contributed by atoms with Crippen LogP contribution in [-0.2, 0) is 4.79 Å². The molecule has 0 saturated carbocycles. The number of benzene rings is 1. The van der Waals surface area contributed by atoms with Crippen LogP contribution in [0.4, 0.5) is 0 Å². The van der Waals surface area contributed by atoms with Crippen LogP contribution in [0.25, 0.3) is 0 Å². The first-order valence-electron chi connectivity index (χ1n) is 6.33. The third kappa shape index (κ3) is 4.47. The van der Waals surface area contributed by atoms with Gasteiger partial charge in [0.2, 0.25) is 0 Å². The molecule has 20 heavy (non-hydrogen) atoms. The summed E-state index contributed by atoms with van der Waals surface area (Å²) in [6.07, 6.45) is -0.656. The topological polar surface area (TPSA) is 71.3 Å².